The molecule has 0 saturated heterocycles. The van der Waals surface area contributed by atoms with Crippen molar-refractivity contribution in [3.8, 4) is 0 Å². The molecule has 26 heavy (non-hydrogen) atoms. The molecule has 2 aromatic heterocycles. The Bertz CT molecular complexity index is 990. The highest BCUT2D eigenvalue weighted by Crippen LogP contribution is 2.22. The van der Waals surface area contributed by atoms with E-state index in [0.717, 1.165) is 11.1 Å². The monoisotopic (exact) mass is 355 g/mol. The van der Waals surface area contributed by atoms with Gasteiger partial charge in [0.05, 0.1) is 11.5 Å². The average Bonchev–Trinajstić information content (AvgIpc) is 3.12. The van der Waals surface area contributed by atoms with Crippen molar-refractivity contribution >= 4 is 17.5 Å². The Kier molecular flexibility index (Phi) is 4.48. The molecule has 0 aliphatic heterocycles. The van der Waals surface area contributed by atoms with E-state index in [1.807, 2.05) is 31.2 Å². The molecule has 0 saturated carbocycles. The zero-order valence-corrected chi connectivity index (χ0v) is 14.5. The number of nitro groups is 1. The number of nitrogens with zero attached hydrogens (tertiary/aromatic N) is 6. The average molecular weight is 355 g/mol. The Hall–Kier alpha value is -3.56. The number of aryl methyl sites for hydroxylation is 2. The summed E-state index contributed by atoms with van der Waals surface area (Å²) in [5.41, 5.74) is 1.87. The molecule has 1 aromatic carbocycles. The van der Waals surface area contributed by atoms with E-state index < -0.39 is 10.8 Å². The van der Waals surface area contributed by atoms with Crippen molar-refractivity contribution in [3.05, 3.63) is 63.2 Å². The summed E-state index contributed by atoms with van der Waals surface area (Å²) in [6.45, 7) is 4.02. The molecule has 1 N–H and O–H groups in total. The fraction of sp³-hybridized carbons (Fsp3) is 0.250. The summed E-state index contributed by atoms with van der Waals surface area (Å²) >= 11 is 0. The molecule has 134 valence electrons. The molecule has 0 aliphatic carbocycles. The van der Waals surface area contributed by atoms with Gasteiger partial charge in [-0.15, -0.1) is 5.10 Å². The molecule has 1 amide bonds. The minimum absolute atomic E-state index is 0.0558. The summed E-state index contributed by atoms with van der Waals surface area (Å²) in [5.74, 6) is -0.672. The van der Waals surface area contributed by atoms with Crippen LogP contribution in [0.2, 0.25) is 0 Å². The number of benzene rings is 1. The second-order valence-electron chi connectivity index (χ2n) is 5.87. The lowest BCUT2D eigenvalue weighted by atomic mass is 10.1. The van der Waals surface area contributed by atoms with Crippen molar-refractivity contribution in [2.24, 2.45) is 7.05 Å². The molecule has 0 aliphatic rings. The van der Waals surface area contributed by atoms with E-state index in [1.165, 1.54) is 25.0 Å². The van der Waals surface area contributed by atoms with Crippen LogP contribution in [-0.4, -0.2) is 35.4 Å². The number of rotatable bonds is 5. The maximum absolute atomic E-state index is 12.3. The predicted molar refractivity (Wildman–Crippen MR) is 92.9 cm³/mol. The number of carbonyl (C=O) groups excluding carboxylic acids is 1. The maximum atomic E-state index is 12.3. The van der Waals surface area contributed by atoms with Crippen LogP contribution in [0.1, 0.15) is 27.3 Å². The molecule has 0 spiro atoms. The van der Waals surface area contributed by atoms with Gasteiger partial charge in [-0.2, -0.15) is 5.10 Å². The normalized spacial score (nSPS) is 10.7. The molecule has 10 heteroatoms. The second-order valence-corrected chi connectivity index (χ2v) is 5.87. The highest BCUT2D eigenvalue weighted by molar-refractivity contribution is 6.04. The fourth-order valence-corrected chi connectivity index (χ4v) is 2.55. The molecule has 2 heterocycles. The SMILES string of the molecule is Cc1cccc(Cn2cnc(NC(=O)c3nn(C)c(C)c3[N+](=O)[O-])n2)c1. The Morgan fingerprint density at radius 1 is 1.31 bits per heavy atom. The van der Waals surface area contributed by atoms with Crippen LogP contribution < -0.4 is 5.32 Å². The predicted octanol–water partition coefficient (Wildman–Crippen LogP) is 1.84. The third-order valence-electron chi connectivity index (χ3n) is 3.89. The van der Waals surface area contributed by atoms with Crippen LogP contribution in [0, 0.1) is 24.0 Å². The molecule has 0 unspecified atom stereocenters. The van der Waals surface area contributed by atoms with Gasteiger partial charge in [0.2, 0.25) is 11.6 Å². The molecule has 0 bridgehead atoms. The first-order chi connectivity index (χ1) is 12.3. The quantitative estimate of drug-likeness (QED) is 0.550. The van der Waals surface area contributed by atoms with Crippen LogP contribution in [-0.2, 0) is 13.6 Å². The Labute approximate surface area is 148 Å². The lowest BCUT2D eigenvalue weighted by Gasteiger charge is -2.02. The molecule has 10 nitrogen and oxygen atoms in total. The zero-order chi connectivity index (χ0) is 18.8. The van der Waals surface area contributed by atoms with Gasteiger partial charge in [0.15, 0.2) is 0 Å². The lowest BCUT2D eigenvalue weighted by molar-refractivity contribution is -0.385. The van der Waals surface area contributed by atoms with Crippen LogP contribution in [0.15, 0.2) is 30.6 Å². The molecule has 3 aromatic rings. The van der Waals surface area contributed by atoms with Gasteiger partial charge in [-0.1, -0.05) is 29.8 Å². The summed E-state index contributed by atoms with van der Waals surface area (Å²) in [5, 5.41) is 21.7. The van der Waals surface area contributed by atoms with Crippen LogP contribution in [0.4, 0.5) is 11.6 Å². The van der Waals surface area contributed by atoms with Crippen molar-refractivity contribution in [2.45, 2.75) is 20.4 Å². The topological polar surface area (TPSA) is 121 Å². The van der Waals surface area contributed by atoms with E-state index in [1.54, 1.807) is 4.68 Å². The smallest absolute Gasteiger partial charge is 0.287 e. The molecular formula is C16H17N7O3. The van der Waals surface area contributed by atoms with E-state index in [9.17, 15) is 14.9 Å². The minimum Gasteiger partial charge on any atom is -0.287 e. The number of nitrogens with one attached hydrogen (secondary N) is 1. The number of hydrogen-bond acceptors (Lipinski definition) is 6. The molecular weight excluding hydrogens is 338 g/mol. The van der Waals surface area contributed by atoms with Crippen molar-refractivity contribution in [3.63, 3.8) is 0 Å². The van der Waals surface area contributed by atoms with Gasteiger partial charge in [-0.05, 0) is 19.4 Å². The van der Waals surface area contributed by atoms with E-state index in [4.69, 9.17) is 0 Å². The Morgan fingerprint density at radius 2 is 2.08 bits per heavy atom. The second kappa shape index (κ2) is 6.75. The highest BCUT2D eigenvalue weighted by Gasteiger charge is 2.29. The summed E-state index contributed by atoms with van der Waals surface area (Å²) in [7, 11) is 1.54. The first-order valence-corrected chi connectivity index (χ1v) is 7.79. The van der Waals surface area contributed by atoms with E-state index >= 15 is 0 Å². The number of carbonyl (C=O) groups is 1. The van der Waals surface area contributed by atoms with E-state index in [2.05, 4.69) is 20.5 Å². The summed E-state index contributed by atoms with van der Waals surface area (Å²) in [6.07, 6.45) is 1.48. The first-order valence-electron chi connectivity index (χ1n) is 7.79. The Balaban J connectivity index is 1.76. The van der Waals surface area contributed by atoms with E-state index in [-0.39, 0.29) is 23.0 Å². The first kappa shape index (κ1) is 17.3. The summed E-state index contributed by atoms with van der Waals surface area (Å²) < 4.78 is 2.86. The number of anilines is 1. The largest absolute Gasteiger partial charge is 0.322 e. The molecule has 0 fully saturated rings. The van der Waals surface area contributed by atoms with Gasteiger partial charge in [0, 0.05) is 7.05 Å². The molecule has 0 atom stereocenters. The van der Waals surface area contributed by atoms with Crippen LogP contribution in [0.3, 0.4) is 0 Å². The zero-order valence-electron chi connectivity index (χ0n) is 14.5. The van der Waals surface area contributed by atoms with Gasteiger partial charge >= 0.3 is 5.69 Å². The van der Waals surface area contributed by atoms with Gasteiger partial charge in [-0.25, -0.2) is 9.67 Å². The van der Waals surface area contributed by atoms with Crippen molar-refractivity contribution in [2.75, 3.05) is 5.32 Å². The third-order valence-corrected chi connectivity index (χ3v) is 3.89. The summed E-state index contributed by atoms with van der Waals surface area (Å²) in [4.78, 5) is 26.9. The van der Waals surface area contributed by atoms with Crippen molar-refractivity contribution < 1.29 is 9.72 Å². The Morgan fingerprint density at radius 3 is 2.77 bits per heavy atom. The lowest BCUT2D eigenvalue weighted by Crippen LogP contribution is -2.16. The van der Waals surface area contributed by atoms with Gasteiger partial charge < -0.3 is 0 Å². The van der Waals surface area contributed by atoms with Crippen LogP contribution >= 0.6 is 0 Å². The summed E-state index contributed by atoms with van der Waals surface area (Å²) in [6, 6.07) is 7.94. The van der Waals surface area contributed by atoms with Crippen molar-refractivity contribution in [1.82, 2.24) is 24.5 Å². The number of amides is 1. The molecule has 0 radical (unpaired) electrons. The highest BCUT2D eigenvalue weighted by atomic mass is 16.6. The minimum atomic E-state index is -0.728. The van der Waals surface area contributed by atoms with E-state index in [0.29, 0.717) is 6.54 Å². The van der Waals surface area contributed by atoms with Gasteiger partial charge in [-0.3, -0.25) is 24.9 Å². The van der Waals surface area contributed by atoms with Crippen LogP contribution in [0.5, 0.6) is 0 Å². The van der Waals surface area contributed by atoms with Crippen LogP contribution in [0.25, 0.3) is 0 Å². The number of hydrogen-bond donors (Lipinski definition) is 1. The molecule has 3 rings (SSSR count). The standard InChI is InChI=1S/C16H17N7O3/c1-10-5-4-6-12(7-10)8-22-9-17-16(20-22)18-15(24)13-14(23(25)26)11(2)21(3)19-13/h4-7,9H,8H2,1-3H3,(H,18,20,24). The number of aromatic nitrogens is 5. The van der Waals surface area contributed by atoms with Crippen molar-refractivity contribution in [1.29, 1.82) is 0 Å². The maximum Gasteiger partial charge on any atom is 0.322 e. The fourth-order valence-electron chi connectivity index (χ4n) is 2.55. The van der Waals surface area contributed by atoms with Gasteiger partial charge in [0.1, 0.15) is 12.0 Å². The third kappa shape index (κ3) is 3.43. The van der Waals surface area contributed by atoms with Gasteiger partial charge in [0.25, 0.3) is 5.91 Å².